The summed E-state index contributed by atoms with van der Waals surface area (Å²) in [7, 11) is 0. The lowest BCUT2D eigenvalue weighted by Crippen LogP contribution is -2.13. The van der Waals surface area contributed by atoms with Crippen molar-refractivity contribution in [3.8, 4) is 0 Å². The Bertz CT molecular complexity index is 715. The van der Waals surface area contributed by atoms with Crippen LogP contribution in [0.3, 0.4) is 0 Å². The van der Waals surface area contributed by atoms with Crippen LogP contribution in [-0.4, -0.2) is 25.4 Å². The van der Waals surface area contributed by atoms with E-state index in [1.54, 1.807) is 0 Å². The van der Waals surface area contributed by atoms with Gasteiger partial charge in [0.1, 0.15) is 13.2 Å². The third-order valence-corrected chi connectivity index (χ3v) is 3.47. The first-order chi connectivity index (χ1) is 13.1. The van der Waals surface area contributed by atoms with Crippen molar-refractivity contribution in [3.63, 3.8) is 0 Å². The predicted octanol–water partition coefficient (Wildman–Crippen LogP) is 4.75. The smallest absolute Gasteiger partial charge is 0.411 e. The number of amides is 2. The third-order valence-electron chi connectivity index (χ3n) is 3.47. The van der Waals surface area contributed by atoms with Crippen molar-refractivity contribution in [1.29, 1.82) is 0 Å². The maximum Gasteiger partial charge on any atom is 0.411 e. The van der Waals surface area contributed by atoms with E-state index in [-0.39, 0.29) is 13.2 Å². The number of carbonyl (C=O) groups excluding carboxylic acids is 2. The maximum absolute atomic E-state index is 11.5. The van der Waals surface area contributed by atoms with Gasteiger partial charge in [-0.3, -0.25) is 10.6 Å². The maximum atomic E-state index is 11.5. The van der Waals surface area contributed by atoms with Crippen LogP contribution in [0.25, 0.3) is 0 Å². The van der Waals surface area contributed by atoms with Crippen molar-refractivity contribution in [1.82, 2.24) is 0 Å². The van der Waals surface area contributed by atoms with Crippen LogP contribution in [0.1, 0.15) is 11.1 Å². The molecule has 2 amide bonds. The molecule has 2 rings (SSSR count). The molecule has 0 bridgehead atoms. The van der Waals surface area contributed by atoms with Crippen molar-refractivity contribution in [2.24, 2.45) is 0 Å². The van der Waals surface area contributed by atoms with Crippen molar-refractivity contribution >= 4 is 23.6 Å². The van der Waals surface area contributed by atoms with E-state index >= 15 is 0 Å². The van der Waals surface area contributed by atoms with E-state index in [2.05, 4.69) is 23.8 Å². The first kappa shape index (κ1) is 19.8. The summed E-state index contributed by atoms with van der Waals surface area (Å²) >= 11 is 0. The molecule has 0 saturated carbocycles. The van der Waals surface area contributed by atoms with Crippen LogP contribution in [0.5, 0.6) is 0 Å². The van der Waals surface area contributed by atoms with Gasteiger partial charge in [-0.1, -0.05) is 49.6 Å². The van der Waals surface area contributed by atoms with Gasteiger partial charge in [0.05, 0.1) is 0 Å². The molecule has 2 aromatic carbocycles. The molecule has 27 heavy (non-hydrogen) atoms. The summed E-state index contributed by atoms with van der Waals surface area (Å²) in [6.07, 6.45) is 2.71. The monoisotopic (exact) mass is 366 g/mol. The highest BCUT2D eigenvalue weighted by Gasteiger charge is 2.04. The molecule has 6 heteroatoms. The second-order valence-corrected chi connectivity index (χ2v) is 5.59. The minimum atomic E-state index is -0.516. The number of benzene rings is 2. The van der Waals surface area contributed by atoms with Crippen molar-refractivity contribution in [3.05, 3.63) is 85.0 Å². The zero-order valence-corrected chi connectivity index (χ0v) is 14.9. The van der Waals surface area contributed by atoms with Gasteiger partial charge in [0.15, 0.2) is 0 Å². The fourth-order valence-corrected chi connectivity index (χ4v) is 2.22. The molecule has 6 nitrogen and oxygen atoms in total. The average Bonchev–Trinajstić information content (AvgIpc) is 2.68. The van der Waals surface area contributed by atoms with Crippen LogP contribution < -0.4 is 10.6 Å². The topological polar surface area (TPSA) is 76.7 Å². The van der Waals surface area contributed by atoms with Crippen molar-refractivity contribution in [2.75, 3.05) is 23.8 Å². The molecule has 0 saturated heterocycles. The average molecular weight is 366 g/mol. The number of nitrogens with one attached hydrogen (secondary N) is 2. The molecule has 0 aliphatic carbocycles. The van der Waals surface area contributed by atoms with Crippen LogP contribution >= 0.6 is 0 Å². The molecule has 0 unspecified atom stereocenters. The predicted molar refractivity (Wildman–Crippen MR) is 106 cm³/mol. The molecule has 2 N–H and O–H groups in total. The van der Waals surface area contributed by atoms with E-state index in [1.807, 2.05) is 48.5 Å². The number of anilines is 2. The van der Waals surface area contributed by atoms with Gasteiger partial charge < -0.3 is 9.47 Å². The van der Waals surface area contributed by atoms with E-state index in [9.17, 15) is 9.59 Å². The normalized spacial score (nSPS) is 9.78. The van der Waals surface area contributed by atoms with E-state index in [1.165, 1.54) is 12.2 Å². The molecule has 140 valence electrons. The first-order valence-corrected chi connectivity index (χ1v) is 8.38. The molecular formula is C21H22N2O4. The van der Waals surface area contributed by atoms with Gasteiger partial charge in [0.2, 0.25) is 0 Å². The molecule has 0 fully saturated rings. The first-order valence-electron chi connectivity index (χ1n) is 8.38. The minimum Gasteiger partial charge on any atom is -0.445 e. The Balaban J connectivity index is 1.87. The number of rotatable bonds is 8. The molecule has 0 heterocycles. The minimum absolute atomic E-state index is 0.167. The van der Waals surface area contributed by atoms with Crippen LogP contribution in [-0.2, 0) is 15.9 Å². The number of hydrogen-bond donors (Lipinski definition) is 2. The summed E-state index contributed by atoms with van der Waals surface area (Å²) in [6, 6.07) is 15.0. The fraction of sp³-hybridized carbons (Fsp3) is 0.143. The third kappa shape index (κ3) is 7.07. The van der Waals surface area contributed by atoms with Gasteiger partial charge in [0.25, 0.3) is 0 Å². The van der Waals surface area contributed by atoms with E-state index in [0.717, 1.165) is 17.5 Å². The largest absolute Gasteiger partial charge is 0.445 e. The zero-order valence-electron chi connectivity index (χ0n) is 14.9. The Labute approximate surface area is 158 Å². The standard InChI is InChI=1S/C21H22N2O4/c1-3-13-26-20(24)22-18-9-5-16(6-10-18)15-17-7-11-19(12-8-17)23-21(25)27-14-4-2/h3-12H,1-2,13-15H2,(H,22,24)(H,23,25). The van der Waals surface area contributed by atoms with Gasteiger partial charge >= 0.3 is 12.2 Å². The Morgan fingerprint density at radius 3 is 1.44 bits per heavy atom. The lowest BCUT2D eigenvalue weighted by molar-refractivity contribution is 0.173. The van der Waals surface area contributed by atoms with E-state index in [0.29, 0.717) is 11.4 Å². The number of ether oxygens (including phenoxy) is 2. The van der Waals surface area contributed by atoms with Crippen LogP contribution in [0.4, 0.5) is 21.0 Å². The van der Waals surface area contributed by atoms with Crippen LogP contribution in [0.15, 0.2) is 73.8 Å². The molecule has 2 aromatic rings. The molecule has 0 aliphatic rings. The van der Waals surface area contributed by atoms with E-state index < -0.39 is 12.2 Å². The zero-order chi connectivity index (χ0) is 19.5. The quantitative estimate of drug-likeness (QED) is 0.661. The number of carbonyl (C=O) groups is 2. The second-order valence-electron chi connectivity index (χ2n) is 5.59. The van der Waals surface area contributed by atoms with Gasteiger partial charge in [-0.05, 0) is 41.8 Å². The van der Waals surface area contributed by atoms with Crippen molar-refractivity contribution < 1.29 is 19.1 Å². The highest BCUT2D eigenvalue weighted by atomic mass is 16.6. The SMILES string of the molecule is C=CCOC(=O)Nc1ccc(Cc2ccc(NC(=O)OCC=C)cc2)cc1. The van der Waals surface area contributed by atoms with E-state index in [4.69, 9.17) is 9.47 Å². The fourth-order valence-electron chi connectivity index (χ4n) is 2.22. The lowest BCUT2D eigenvalue weighted by Gasteiger charge is -2.08. The summed E-state index contributed by atoms with van der Waals surface area (Å²) in [5.41, 5.74) is 3.49. The molecular weight excluding hydrogens is 344 g/mol. The van der Waals surface area contributed by atoms with Gasteiger partial charge in [-0.2, -0.15) is 0 Å². The Morgan fingerprint density at radius 1 is 0.741 bits per heavy atom. The number of hydrogen-bond acceptors (Lipinski definition) is 4. The van der Waals surface area contributed by atoms with Gasteiger partial charge in [0, 0.05) is 11.4 Å². The molecule has 0 aliphatic heterocycles. The summed E-state index contributed by atoms with van der Waals surface area (Å²) in [5, 5.41) is 5.28. The highest BCUT2D eigenvalue weighted by molar-refractivity contribution is 5.85. The second kappa shape index (κ2) is 10.5. The van der Waals surface area contributed by atoms with Crippen LogP contribution in [0.2, 0.25) is 0 Å². The summed E-state index contributed by atoms with van der Waals surface area (Å²) in [6.45, 7) is 7.31. The Kier molecular flexibility index (Phi) is 7.66. The molecule has 0 atom stereocenters. The summed E-state index contributed by atoms with van der Waals surface area (Å²) < 4.78 is 9.74. The summed E-state index contributed by atoms with van der Waals surface area (Å²) in [4.78, 5) is 23.0. The Morgan fingerprint density at radius 2 is 1.11 bits per heavy atom. The highest BCUT2D eigenvalue weighted by Crippen LogP contribution is 2.16. The summed E-state index contributed by atoms with van der Waals surface area (Å²) in [5.74, 6) is 0. The van der Waals surface area contributed by atoms with Crippen molar-refractivity contribution in [2.45, 2.75) is 6.42 Å². The van der Waals surface area contributed by atoms with Crippen LogP contribution in [0, 0.1) is 0 Å². The van der Waals surface area contributed by atoms with Gasteiger partial charge in [-0.25, -0.2) is 9.59 Å². The van der Waals surface area contributed by atoms with Gasteiger partial charge in [-0.15, -0.1) is 0 Å². The lowest BCUT2D eigenvalue weighted by atomic mass is 10.0. The Hall–Kier alpha value is -3.54. The molecule has 0 spiro atoms. The molecule has 0 radical (unpaired) electrons. The molecule has 0 aromatic heterocycles.